The van der Waals surface area contributed by atoms with E-state index >= 15 is 0 Å². The van der Waals surface area contributed by atoms with Crippen molar-refractivity contribution in [1.82, 2.24) is 5.32 Å². The van der Waals surface area contributed by atoms with Crippen molar-refractivity contribution in [3.63, 3.8) is 0 Å². The molecule has 2 aromatic rings. The van der Waals surface area contributed by atoms with E-state index in [1.807, 2.05) is 13.8 Å². The molecule has 0 bridgehead atoms. The van der Waals surface area contributed by atoms with Crippen LogP contribution in [0.4, 0.5) is 5.69 Å². The fourth-order valence-corrected chi connectivity index (χ4v) is 4.19. The van der Waals surface area contributed by atoms with E-state index in [0.29, 0.717) is 17.3 Å². The zero-order valence-corrected chi connectivity index (χ0v) is 14.2. The van der Waals surface area contributed by atoms with Crippen molar-refractivity contribution in [3.05, 3.63) is 45.1 Å². The number of hydrogen-bond acceptors (Lipinski definition) is 4. The van der Waals surface area contributed by atoms with Gasteiger partial charge >= 0.3 is 0 Å². The minimum atomic E-state index is -3.57. The molecule has 4 nitrogen and oxygen atoms in total. The minimum Gasteiger partial charge on any atom is -0.312 e. The lowest BCUT2D eigenvalue weighted by molar-refractivity contribution is 0.601. The summed E-state index contributed by atoms with van der Waals surface area (Å²) in [7, 11) is -3.57. The van der Waals surface area contributed by atoms with E-state index in [1.165, 1.54) is 11.3 Å². The van der Waals surface area contributed by atoms with E-state index < -0.39 is 10.0 Å². The van der Waals surface area contributed by atoms with Crippen molar-refractivity contribution in [2.24, 2.45) is 0 Å². The first-order valence-electron chi connectivity index (χ1n) is 6.49. The molecule has 0 saturated heterocycles. The molecule has 0 atom stereocenters. The third-order valence-corrected chi connectivity index (χ3v) is 5.77. The van der Waals surface area contributed by atoms with Crippen molar-refractivity contribution >= 4 is 38.6 Å². The highest BCUT2D eigenvalue weighted by molar-refractivity contribution is 7.92. The van der Waals surface area contributed by atoms with E-state index in [-0.39, 0.29) is 4.90 Å². The minimum absolute atomic E-state index is 0.275. The molecular weight excluding hydrogens is 328 g/mol. The van der Waals surface area contributed by atoms with Gasteiger partial charge in [0, 0.05) is 21.8 Å². The van der Waals surface area contributed by atoms with Crippen LogP contribution in [0.15, 0.2) is 34.5 Å². The first-order chi connectivity index (χ1) is 9.92. The molecule has 1 aromatic carbocycles. The molecule has 21 heavy (non-hydrogen) atoms. The Morgan fingerprint density at radius 2 is 2.05 bits per heavy atom. The van der Waals surface area contributed by atoms with Gasteiger partial charge in [0.15, 0.2) is 0 Å². The first kappa shape index (κ1) is 16.3. The summed E-state index contributed by atoms with van der Waals surface area (Å²) in [4.78, 5) is 1.26. The maximum absolute atomic E-state index is 12.3. The Morgan fingerprint density at radius 1 is 1.29 bits per heavy atom. The van der Waals surface area contributed by atoms with Crippen LogP contribution in [0.25, 0.3) is 0 Å². The lowest BCUT2D eigenvalue weighted by Gasteiger charge is -2.07. The van der Waals surface area contributed by atoms with Gasteiger partial charge in [0.1, 0.15) is 0 Å². The Balaban J connectivity index is 2.17. The molecule has 2 rings (SSSR count). The molecule has 1 aromatic heterocycles. The molecular formula is C14H17ClN2O2S2. The van der Waals surface area contributed by atoms with Gasteiger partial charge < -0.3 is 5.32 Å². The number of thiophene rings is 1. The summed E-state index contributed by atoms with van der Waals surface area (Å²) in [6, 6.07) is 6.78. The van der Waals surface area contributed by atoms with E-state index in [1.54, 1.807) is 29.6 Å². The van der Waals surface area contributed by atoms with Crippen LogP contribution in [0, 0.1) is 6.92 Å². The van der Waals surface area contributed by atoms with E-state index in [9.17, 15) is 8.42 Å². The van der Waals surface area contributed by atoms with Gasteiger partial charge in [0.2, 0.25) is 0 Å². The van der Waals surface area contributed by atoms with Gasteiger partial charge in [-0.2, -0.15) is 0 Å². The topological polar surface area (TPSA) is 58.2 Å². The van der Waals surface area contributed by atoms with Crippen LogP contribution < -0.4 is 10.0 Å². The van der Waals surface area contributed by atoms with Crippen LogP contribution in [-0.2, 0) is 16.6 Å². The SMILES string of the molecule is CCNCc1cc(S(=O)(=O)Nc2ccc(C)c(Cl)c2)cs1. The molecule has 0 radical (unpaired) electrons. The van der Waals surface area contributed by atoms with Gasteiger partial charge in [-0.1, -0.05) is 24.6 Å². The van der Waals surface area contributed by atoms with Gasteiger partial charge in [-0.15, -0.1) is 11.3 Å². The maximum Gasteiger partial charge on any atom is 0.262 e. The van der Waals surface area contributed by atoms with Crippen LogP contribution in [0.2, 0.25) is 5.02 Å². The number of benzene rings is 1. The van der Waals surface area contributed by atoms with E-state index in [2.05, 4.69) is 10.0 Å². The van der Waals surface area contributed by atoms with Gasteiger partial charge in [0.05, 0.1) is 10.6 Å². The Bertz CT molecular complexity index is 726. The average Bonchev–Trinajstić information content (AvgIpc) is 2.90. The van der Waals surface area contributed by atoms with Gasteiger partial charge in [-0.05, 0) is 37.2 Å². The highest BCUT2D eigenvalue weighted by atomic mass is 35.5. The molecule has 0 fully saturated rings. The molecule has 0 aliphatic rings. The van der Waals surface area contributed by atoms with Crippen LogP contribution in [-0.4, -0.2) is 15.0 Å². The maximum atomic E-state index is 12.3. The number of anilines is 1. The lowest BCUT2D eigenvalue weighted by atomic mass is 10.2. The number of sulfonamides is 1. The summed E-state index contributed by atoms with van der Waals surface area (Å²) in [5, 5.41) is 5.35. The number of rotatable bonds is 6. The molecule has 7 heteroatoms. The van der Waals surface area contributed by atoms with Crippen LogP contribution in [0.5, 0.6) is 0 Å². The summed E-state index contributed by atoms with van der Waals surface area (Å²) >= 11 is 7.43. The Kier molecular flexibility index (Phi) is 5.27. The van der Waals surface area contributed by atoms with Crippen LogP contribution in [0.1, 0.15) is 17.4 Å². The van der Waals surface area contributed by atoms with Crippen LogP contribution >= 0.6 is 22.9 Å². The lowest BCUT2D eigenvalue weighted by Crippen LogP contribution is -2.13. The molecule has 0 saturated carbocycles. The largest absolute Gasteiger partial charge is 0.312 e. The van der Waals surface area contributed by atoms with Crippen molar-refractivity contribution in [2.75, 3.05) is 11.3 Å². The summed E-state index contributed by atoms with van der Waals surface area (Å²) in [5.41, 5.74) is 1.37. The Labute approximate surface area is 134 Å². The molecule has 0 amide bonds. The third kappa shape index (κ3) is 4.20. The first-order valence-corrected chi connectivity index (χ1v) is 9.23. The average molecular weight is 345 g/mol. The van der Waals surface area contributed by atoms with Crippen molar-refractivity contribution in [1.29, 1.82) is 0 Å². The molecule has 0 aliphatic carbocycles. The normalized spacial score (nSPS) is 11.6. The second kappa shape index (κ2) is 6.79. The second-order valence-electron chi connectivity index (χ2n) is 4.60. The smallest absolute Gasteiger partial charge is 0.262 e. The third-order valence-electron chi connectivity index (χ3n) is 2.91. The zero-order valence-electron chi connectivity index (χ0n) is 11.8. The van der Waals surface area contributed by atoms with Crippen LogP contribution in [0.3, 0.4) is 0 Å². The highest BCUT2D eigenvalue weighted by Crippen LogP contribution is 2.24. The van der Waals surface area contributed by atoms with Crippen molar-refractivity contribution in [2.45, 2.75) is 25.3 Å². The quantitative estimate of drug-likeness (QED) is 0.841. The molecule has 114 valence electrons. The molecule has 0 aliphatic heterocycles. The number of aryl methyl sites for hydroxylation is 1. The zero-order chi connectivity index (χ0) is 15.5. The standard InChI is InChI=1S/C14H17ClN2O2S2/c1-3-16-8-12-7-13(9-20-12)21(18,19)17-11-5-4-10(2)14(15)6-11/h4-7,9,16-17H,3,8H2,1-2H3. The number of halogens is 1. The second-order valence-corrected chi connectivity index (χ2v) is 7.68. The number of hydrogen-bond donors (Lipinski definition) is 2. The predicted molar refractivity (Wildman–Crippen MR) is 88.7 cm³/mol. The number of nitrogens with one attached hydrogen (secondary N) is 2. The molecule has 0 unspecified atom stereocenters. The van der Waals surface area contributed by atoms with E-state index in [0.717, 1.165) is 17.0 Å². The fourth-order valence-electron chi connectivity index (χ4n) is 1.71. The summed E-state index contributed by atoms with van der Waals surface area (Å²) in [6.07, 6.45) is 0. The highest BCUT2D eigenvalue weighted by Gasteiger charge is 2.16. The van der Waals surface area contributed by atoms with Gasteiger partial charge in [-0.25, -0.2) is 8.42 Å². The van der Waals surface area contributed by atoms with Gasteiger partial charge in [-0.3, -0.25) is 4.72 Å². The monoisotopic (exact) mass is 344 g/mol. The van der Waals surface area contributed by atoms with Crippen molar-refractivity contribution < 1.29 is 8.42 Å². The summed E-state index contributed by atoms with van der Waals surface area (Å²) in [6.45, 7) is 5.40. The predicted octanol–water partition coefficient (Wildman–Crippen LogP) is 3.62. The van der Waals surface area contributed by atoms with Gasteiger partial charge in [0.25, 0.3) is 10.0 Å². The Morgan fingerprint density at radius 3 is 2.71 bits per heavy atom. The molecule has 0 spiro atoms. The van der Waals surface area contributed by atoms with E-state index in [4.69, 9.17) is 11.6 Å². The summed E-state index contributed by atoms with van der Waals surface area (Å²) < 4.78 is 27.2. The molecule has 2 N–H and O–H groups in total. The Hall–Kier alpha value is -1.08. The summed E-state index contributed by atoms with van der Waals surface area (Å²) in [5.74, 6) is 0. The van der Waals surface area contributed by atoms with Crippen molar-refractivity contribution in [3.8, 4) is 0 Å². The fraction of sp³-hybridized carbons (Fsp3) is 0.286. The molecule has 1 heterocycles.